The first-order valence-electron chi connectivity index (χ1n) is 6.02. The van der Waals surface area contributed by atoms with Gasteiger partial charge in [0, 0.05) is 12.7 Å². The summed E-state index contributed by atoms with van der Waals surface area (Å²) in [6.45, 7) is 0. The highest BCUT2D eigenvalue weighted by molar-refractivity contribution is 7.80. The second-order valence-corrected chi connectivity index (χ2v) is 4.48. The number of nitrogens with zero attached hydrogens (tertiary/aromatic N) is 3. The lowest BCUT2D eigenvalue weighted by Crippen LogP contribution is -2.46. The SMILES string of the molecule is CN(NC(=O)c1c[n+]([O-])ccn1)C(=S)Nc1ccccc1. The van der Waals surface area contributed by atoms with Crippen molar-refractivity contribution in [3.63, 3.8) is 0 Å². The van der Waals surface area contributed by atoms with Crippen molar-refractivity contribution in [1.82, 2.24) is 15.4 Å². The van der Waals surface area contributed by atoms with Gasteiger partial charge in [-0.1, -0.05) is 18.2 Å². The van der Waals surface area contributed by atoms with Gasteiger partial charge in [0.2, 0.25) is 6.20 Å². The van der Waals surface area contributed by atoms with E-state index in [1.54, 1.807) is 7.05 Å². The number of carbonyl (C=O) groups is 1. The lowest BCUT2D eigenvalue weighted by Gasteiger charge is -2.21. The van der Waals surface area contributed by atoms with Crippen molar-refractivity contribution < 1.29 is 9.52 Å². The predicted octanol–water partition coefficient (Wildman–Crippen LogP) is 0.689. The molecule has 1 amide bonds. The Morgan fingerprint density at radius 3 is 2.76 bits per heavy atom. The van der Waals surface area contributed by atoms with E-state index in [2.05, 4.69) is 15.7 Å². The lowest BCUT2D eigenvalue weighted by molar-refractivity contribution is -0.606. The number of carbonyl (C=O) groups excluding carboxylic acids is 1. The van der Waals surface area contributed by atoms with Crippen molar-refractivity contribution in [2.45, 2.75) is 0 Å². The highest BCUT2D eigenvalue weighted by Gasteiger charge is 2.14. The maximum atomic E-state index is 11.9. The zero-order chi connectivity index (χ0) is 15.2. The van der Waals surface area contributed by atoms with Gasteiger partial charge in [-0.2, -0.15) is 4.73 Å². The Labute approximate surface area is 126 Å². The van der Waals surface area contributed by atoms with Gasteiger partial charge in [-0.15, -0.1) is 0 Å². The summed E-state index contributed by atoms with van der Waals surface area (Å²) in [4.78, 5) is 15.7. The van der Waals surface area contributed by atoms with Gasteiger partial charge in [-0.3, -0.25) is 15.2 Å². The Morgan fingerprint density at radius 2 is 2.10 bits per heavy atom. The Hall–Kier alpha value is -2.74. The van der Waals surface area contributed by atoms with Gasteiger partial charge < -0.3 is 10.5 Å². The van der Waals surface area contributed by atoms with E-state index in [9.17, 15) is 10.0 Å². The van der Waals surface area contributed by atoms with E-state index in [1.807, 2.05) is 30.3 Å². The van der Waals surface area contributed by atoms with Gasteiger partial charge in [0.25, 0.3) is 5.91 Å². The minimum absolute atomic E-state index is 0.00172. The molecule has 2 aromatic rings. The summed E-state index contributed by atoms with van der Waals surface area (Å²) >= 11 is 5.17. The van der Waals surface area contributed by atoms with Gasteiger partial charge >= 0.3 is 0 Å². The summed E-state index contributed by atoms with van der Waals surface area (Å²) in [6, 6.07) is 9.32. The molecule has 0 atom stereocenters. The molecule has 2 rings (SSSR count). The Kier molecular flexibility index (Phi) is 4.62. The number of hydrogen-bond acceptors (Lipinski definition) is 4. The highest BCUT2D eigenvalue weighted by Crippen LogP contribution is 2.05. The zero-order valence-electron chi connectivity index (χ0n) is 11.2. The van der Waals surface area contributed by atoms with Gasteiger partial charge in [0.1, 0.15) is 0 Å². The summed E-state index contributed by atoms with van der Waals surface area (Å²) in [5, 5.41) is 15.7. The van der Waals surface area contributed by atoms with Crippen LogP contribution in [0.5, 0.6) is 0 Å². The second kappa shape index (κ2) is 6.62. The first-order chi connectivity index (χ1) is 10.1. The van der Waals surface area contributed by atoms with Crippen LogP contribution in [0.1, 0.15) is 10.5 Å². The number of amides is 1. The van der Waals surface area contributed by atoms with Crippen LogP contribution >= 0.6 is 12.2 Å². The van der Waals surface area contributed by atoms with E-state index in [0.29, 0.717) is 9.84 Å². The molecule has 8 heteroatoms. The van der Waals surface area contributed by atoms with Crippen LogP contribution in [-0.4, -0.2) is 28.1 Å². The third kappa shape index (κ3) is 4.11. The van der Waals surface area contributed by atoms with Crippen molar-refractivity contribution >= 4 is 28.9 Å². The standard InChI is InChI=1S/C13H13N5O2S/c1-17(13(21)15-10-5-3-2-4-6-10)16-12(19)11-9-18(20)8-7-14-11/h2-9H,1H3,(H,15,21)(H,16,19). The number of anilines is 1. The first kappa shape index (κ1) is 14.7. The van der Waals surface area contributed by atoms with Crippen LogP contribution in [0.15, 0.2) is 48.9 Å². The average molecular weight is 303 g/mol. The normalized spacial score (nSPS) is 9.76. The van der Waals surface area contributed by atoms with Crippen LogP contribution in [-0.2, 0) is 0 Å². The molecule has 0 spiro atoms. The lowest BCUT2D eigenvalue weighted by atomic mass is 10.3. The van der Waals surface area contributed by atoms with Crippen molar-refractivity contribution in [2.75, 3.05) is 12.4 Å². The molecule has 0 bridgehead atoms. The maximum Gasteiger partial charge on any atom is 0.294 e. The molecule has 0 radical (unpaired) electrons. The minimum Gasteiger partial charge on any atom is -0.619 e. The average Bonchev–Trinajstić information content (AvgIpc) is 2.48. The summed E-state index contributed by atoms with van der Waals surface area (Å²) < 4.78 is 0.502. The number of benzene rings is 1. The molecule has 1 aromatic carbocycles. The van der Waals surface area contributed by atoms with E-state index >= 15 is 0 Å². The van der Waals surface area contributed by atoms with E-state index in [1.165, 1.54) is 17.4 Å². The summed E-state index contributed by atoms with van der Waals surface area (Å²) in [5.74, 6) is -0.528. The summed E-state index contributed by atoms with van der Waals surface area (Å²) in [6.07, 6.45) is 3.53. The van der Waals surface area contributed by atoms with E-state index in [-0.39, 0.29) is 5.69 Å². The molecule has 1 aromatic heterocycles. The predicted molar refractivity (Wildman–Crippen MR) is 81.1 cm³/mol. The van der Waals surface area contributed by atoms with Crippen LogP contribution in [0.4, 0.5) is 5.69 Å². The van der Waals surface area contributed by atoms with Crippen molar-refractivity contribution in [3.05, 3.63) is 59.8 Å². The van der Waals surface area contributed by atoms with Gasteiger partial charge in [-0.05, 0) is 24.4 Å². The van der Waals surface area contributed by atoms with Crippen LogP contribution < -0.4 is 15.5 Å². The maximum absolute atomic E-state index is 11.9. The van der Waals surface area contributed by atoms with Crippen LogP contribution in [0.3, 0.4) is 0 Å². The molecule has 108 valence electrons. The Bertz CT molecular complexity index is 650. The molecule has 0 aliphatic carbocycles. The Balaban J connectivity index is 1.96. The van der Waals surface area contributed by atoms with Crippen LogP contribution in [0.2, 0.25) is 0 Å². The molecule has 0 aliphatic rings. The van der Waals surface area contributed by atoms with Gasteiger partial charge in [-0.25, -0.2) is 4.98 Å². The van der Waals surface area contributed by atoms with Crippen LogP contribution in [0.25, 0.3) is 0 Å². The molecule has 1 heterocycles. The molecule has 21 heavy (non-hydrogen) atoms. The molecule has 7 nitrogen and oxygen atoms in total. The Morgan fingerprint density at radius 1 is 1.38 bits per heavy atom. The van der Waals surface area contributed by atoms with Gasteiger partial charge in [0.15, 0.2) is 17.0 Å². The fraction of sp³-hybridized carbons (Fsp3) is 0.0769. The van der Waals surface area contributed by atoms with E-state index in [0.717, 1.165) is 11.9 Å². The number of rotatable bonds is 2. The third-order valence-corrected chi connectivity index (χ3v) is 2.88. The van der Waals surface area contributed by atoms with Crippen molar-refractivity contribution in [3.8, 4) is 0 Å². The molecule has 0 saturated carbocycles. The zero-order valence-corrected chi connectivity index (χ0v) is 12.0. The largest absolute Gasteiger partial charge is 0.619 e. The molecule has 0 fully saturated rings. The van der Waals surface area contributed by atoms with E-state index in [4.69, 9.17) is 12.2 Å². The number of hydrogen-bond donors (Lipinski definition) is 2. The summed E-state index contributed by atoms with van der Waals surface area (Å²) in [7, 11) is 1.59. The fourth-order valence-electron chi connectivity index (χ4n) is 1.48. The number of aromatic nitrogens is 2. The fourth-order valence-corrected chi connectivity index (χ4v) is 1.65. The van der Waals surface area contributed by atoms with Gasteiger partial charge in [0.05, 0.1) is 6.20 Å². The molecule has 0 unspecified atom stereocenters. The number of hydrazine groups is 1. The number of thiocarbonyl (C=S) groups is 1. The molecule has 0 aliphatic heterocycles. The minimum atomic E-state index is -0.528. The van der Waals surface area contributed by atoms with Crippen LogP contribution in [0, 0.1) is 5.21 Å². The summed E-state index contributed by atoms with van der Waals surface area (Å²) in [5.41, 5.74) is 3.33. The molecular weight excluding hydrogens is 290 g/mol. The molecule has 2 N–H and O–H groups in total. The number of nitrogens with one attached hydrogen (secondary N) is 2. The molecule has 0 saturated heterocycles. The smallest absolute Gasteiger partial charge is 0.294 e. The monoisotopic (exact) mass is 303 g/mol. The topological polar surface area (TPSA) is 84.2 Å². The quantitative estimate of drug-likeness (QED) is 0.367. The van der Waals surface area contributed by atoms with Crippen molar-refractivity contribution in [1.29, 1.82) is 0 Å². The van der Waals surface area contributed by atoms with E-state index < -0.39 is 5.91 Å². The van der Waals surface area contributed by atoms with Crippen molar-refractivity contribution in [2.24, 2.45) is 0 Å². The second-order valence-electron chi connectivity index (χ2n) is 4.10. The third-order valence-electron chi connectivity index (χ3n) is 2.51. The number of para-hydroxylation sites is 1. The first-order valence-corrected chi connectivity index (χ1v) is 6.42. The molecular formula is C13H13N5O2S. The highest BCUT2D eigenvalue weighted by atomic mass is 32.1.